The largest absolute Gasteiger partial charge is 0.497 e. The zero-order valence-corrected chi connectivity index (χ0v) is 14.3. The standard InChI is InChI=1S/C17H21NO4S/c1-4-22-17-8-6-5-7-14(17)13-18(2)23(19,20)16-11-9-15(21-3)10-12-16/h5-12H,4,13H2,1-3H3. The van der Waals surface area contributed by atoms with Crippen LogP contribution in [0.5, 0.6) is 11.5 Å². The van der Waals surface area contributed by atoms with Crippen molar-refractivity contribution in [2.24, 2.45) is 0 Å². The predicted octanol–water partition coefficient (Wildman–Crippen LogP) is 2.91. The monoisotopic (exact) mass is 335 g/mol. The van der Waals surface area contributed by atoms with Crippen LogP contribution >= 0.6 is 0 Å². The van der Waals surface area contributed by atoms with Crippen LogP contribution < -0.4 is 9.47 Å². The van der Waals surface area contributed by atoms with Gasteiger partial charge in [0, 0.05) is 19.2 Å². The summed E-state index contributed by atoms with van der Waals surface area (Å²) in [6.07, 6.45) is 0. The highest BCUT2D eigenvalue weighted by atomic mass is 32.2. The maximum atomic E-state index is 12.6. The molecule has 2 rings (SSSR count). The molecular weight excluding hydrogens is 314 g/mol. The number of hydrogen-bond acceptors (Lipinski definition) is 4. The number of benzene rings is 2. The molecule has 0 heterocycles. The minimum absolute atomic E-state index is 0.231. The summed E-state index contributed by atoms with van der Waals surface area (Å²) in [6.45, 7) is 2.67. The molecule has 2 aromatic carbocycles. The zero-order valence-electron chi connectivity index (χ0n) is 13.5. The van der Waals surface area contributed by atoms with Gasteiger partial charge in [0.15, 0.2) is 0 Å². The highest BCUT2D eigenvalue weighted by Gasteiger charge is 2.22. The summed E-state index contributed by atoms with van der Waals surface area (Å²) in [5, 5.41) is 0. The van der Waals surface area contributed by atoms with Crippen LogP contribution in [0, 0.1) is 0 Å². The van der Waals surface area contributed by atoms with Crippen molar-refractivity contribution in [2.45, 2.75) is 18.4 Å². The van der Waals surface area contributed by atoms with Crippen molar-refractivity contribution >= 4 is 10.0 Å². The molecule has 0 saturated carbocycles. The first-order valence-corrected chi connectivity index (χ1v) is 8.74. The maximum absolute atomic E-state index is 12.6. The van der Waals surface area contributed by atoms with Crippen molar-refractivity contribution in [1.82, 2.24) is 4.31 Å². The topological polar surface area (TPSA) is 55.8 Å². The van der Waals surface area contributed by atoms with Crippen molar-refractivity contribution in [1.29, 1.82) is 0 Å². The SMILES string of the molecule is CCOc1ccccc1CN(C)S(=O)(=O)c1ccc(OC)cc1. The molecule has 5 nitrogen and oxygen atoms in total. The second-order valence-electron chi connectivity index (χ2n) is 4.98. The Balaban J connectivity index is 2.23. The molecule has 0 amide bonds. The minimum Gasteiger partial charge on any atom is -0.497 e. The molecule has 6 heteroatoms. The first-order chi connectivity index (χ1) is 11.0. The lowest BCUT2D eigenvalue weighted by atomic mass is 10.2. The van der Waals surface area contributed by atoms with Gasteiger partial charge in [0.2, 0.25) is 10.0 Å². The van der Waals surface area contributed by atoms with Gasteiger partial charge in [-0.3, -0.25) is 0 Å². The molecule has 0 bridgehead atoms. The van der Waals surface area contributed by atoms with Gasteiger partial charge in [-0.05, 0) is 37.3 Å². The summed E-state index contributed by atoms with van der Waals surface area (Å²) in [6, 6.07) is 13.8. The van der Waals surface area contributed by atoms with Gasteiger partial charge in [-0.15, -0.1) is 0 Å². The van der Waals surface area contributed by atoms with Crippen LogP contribution in [0.4, 0.5) is 0 Å². The molecular formula is C17H21NO4S. The van der Waals surface area contributed by atoms with E-state index >= 15 is 0 Å². The van der Waals surface area contributed by atoms with E-state index in [1.165, 1.54) is 4.31 Å². The van der Waals surface area contributed by atoms with Crippen molar-refractivity contribution in [3.8, 4) is 11.5 Å². The van der Waals surface area contributed by atoms with Crippen LogP contribution in [-0.4, -0.2) is 33.5 Å². The Kier molecular flexibility index (Phi) is 5.63. The van der Waals surface area contributed by atoms with Gasteiger partial charge in [0.1, 0.15) is 11.5 Å². The molecule has 0 saturated heterocycles. The molecule has 0 aromatic heterocycles. The first-order valence-electron chi connectivity index (χ1n) is 7.30. The van der Waals surface area contributed by atoms with Gasteiger partial charge < -0.3 is 9.47 Å². The second kappa shape index (κ2) is 7.48. The molecule has 0 atom stereocenters. The van der Waals surface area contributed by atoms with Crippen molar-refractivity contribution in [3.63, 3.8) is 0 Å². The van der Waals surface area contributed by atoms with Gasteiger partial charge in [-0.25, -0.2) is 8.42 Å². The molecule has 0 spiro atoms. The van der Waals surface area contributed by atoms with Crippen LogP contribution in [0.25, 0.3) is 0 Å². The lowest BCUT2D eigenvalue weighted by molar-refractivity contribution is 0.332. The minimum atomic E-state index is -3.57. The summed E-state index contributed by atoms with van der Waals surface area (Å²) >= 11 is 0. The van der Waals surface area contributed by atoms with Crippen LogP contribution in [-0.2, 0) is 16.6 Å². The highest BCUT2D eigenvalue weighted by Crippen LogP contribution is 2.24. The van der Waals surface area contributed by atoms with Gasteiger partial charge in [0.25, 0.3) is 0 Å². The number of hydrogen-bond donors (Lipinski definition) is 0. The van der Waals surface area contributed by atoms with E-state index in [1.54, 1.807) is 38.4 Å². The van der Waals surface area contributed by atoms with E-state index in [9.17, 15) is 8.42 Å². The van der Waals surface area contributed by atoms with Crippen molar-refractivity contribution in [3.05, 3.63) is 54.1 Å². The van der Waals surface area contributed by atoms with Crippen LogP contribution in [0.3, 0.4) is 0 Å². The number of sulfonamides is 1. The Labute approximate surface area is 137 Å². The second-order valence-corrected chi connectivity index (χ2v) is 7.02. The summed E-state index contributed by atoms with van der Waals surface area (Å²) in [5.41, 5.74) is 0.828. The van der Waals surface area contributed by atoms with E-state index in [2.05, 4.69) is 0 Å². The third-order valence-electron chi connectivity index (χ3n) is 3.43. The van der Waals surface area contributed by atoms with E-state index < -0.39 is 10.0 Å². The number of para-hydroxylation sites is 1. The molecule has 0 fully saturated rings. The van der Waals surface area contributed by atoms with Gasteiger partial charge in [-0.1, -0.05) is 18.2 Å². The maximum Gasteiger partial charge on any atom is 0.243 e. The van der Waals surface area contributed by atoms with E-state index in [1.807, 2.05) is 31.2 Å². The molecule has 2 aromatic rings. The van der Waals surface area contributed by atoms with Crippen LogP contribution in [0.1, 0.15) is 12.5 Å². The zero-order chi connectivity index (χ0) is 16.9. The fourth-order valence-electron chi connectivity index (χ4n) is 2.18. The molecule has 0 unspecified atom stereocenters. The number of nitrogens with zero attached hydrogens (tertiary/aromatic N) is 1. The van der Waals surface area contributed by atoms with Crippen LogP contribution in [0.2, 0.25) is 0 Å². The number of rotatable bonds is 7. The van der Waals surface area contributed by atoms with Gasteiger partial charge in [-0.2, -0.15) is 4.31 Å². The average Bonchev–Trinajstić information content (AvgIpc) is 2.57. The molecule has 0 aliphatic carbocycles. The van der Waals surface area contributed by atoms with E-state index in [-0.39, 0.29) is 11.4 Å². The Hall–Kier alpha value is -2.05. The molecule has 0 radical (unpaired) electrons. The fraction of sp³-hybridized carbons (Fsp3) is 0.294. The van der Waals surface area contributed by atoms with E-state index in [4.69, 9.17) is 9.47 Å². The van der Waals surface area contributed by atoms with Crippen molar-refractivity contribution < 1.29 is 17.9 Å². The van der Waals surface area contributed by atoms with Crippen molar-refractivity contribution in [2.75, 3.05) is 20.8 Å². The number of ether oxygens (including phenoxy) is 2. The Morgan fingerprint density at radius 2 is 1.70 bits per heavy atom. The Bertz CT molecular complexity index is 741. The smallest absolute Gasteiger partial charge is 0.243 e. The Morgan fingerprint density at radius 3 is 2.30 bits per heavy atom. The molecule has 0 aliphatic rings. The Morgan fingerprint density at radius 1 is 1.04 bits per heavy atom. The summed E-state index contributed by atoms with van der Waals surface area (Å²) in [4.78, 5) is 0.231. The summed E-state index contributed by atoms with van der Waals surface area (Å²) < 4.78 is 37.2. The highest BCUT2D eigenvalue weighted by molar-refractivity contribution is 7.89. The number of methoxy groups -OCH3 is 1. The van der Waals surface area contributed by atoms with Gasteiger partial charge >= 0.3 is 0 Å². The van der Waals surface area contributed by atoms with E-state index in [0.717, 1.165) is 5.56 Å². The lowest BCUT2D eigenvalue weighted by Crippen LogP contribution is -2.26. The normalized spacial score (nSPS) is 11.5. The summed E-state index contributed by atoms with van der Waals surface area (Å²) in [5.74, 6) is 1.32. The van der Waals surface area contributed by atoms with Crippen LogP contribution in [0.15, 0.2) is 53.4 Å². The molecule has 23 heavy (non-hydrogen) atoms. The predicted molar refractivity (Wildman–Crippen MR) is 89.3 cm³/mol. The summed E-state index contributed by atoms with van der Waals surface area (Å²) in [7, 11) is -0.472. The quantitative estimate of drug-likeness (QED) is 0.781. The first kappa shape index (κ1) is 17.3. The fourth-order valence-corrected chi connectivity index (χ4v) is 3.33. The third kappa shape index (κ3) is 4.03. The molecule has 124 valence electrons. The average molecular weight is 335 g/mol. The lowest BCUT2D eigenvalue weighted by Gasteiger charge is -2.19. The molecule has 0 aliphatic heterocycles. The van der Waals surface area contributed by atoms with E-state index in [0.29, 0.717) is 18.1 Å². The molecule has 0 N–H and O–H groups in total. The third-order valence-corrected chi connectivity index (χ3v) is 5.25. The van der Waals surface area contributed by atoms with Gasteiger partial charge in [0.05, 0.1) is 18.6 Å².